The number of carbonyl (C=O) groups excluding carboxylic acids is 1. The smallest absolute Gasteiger partial charge is 0.308 e. The first-order valence-electron chi connectivity index (χ1n) is 8.91. The number of hydrogen-bond acceptors (Lipinski definition) is 8. The molecule has 0 N–H and O–H groups in total. The monoisotopic (exact) mass is 423 g/mol. The van der Waals surface area contributed by atoms with Crippen LogP contribution in [0.5, 0.6) is 17.2 Å². The summed E-state index contributed by atoms with van der Waals surface area (Å²) in [7, 11) is 3.12. The van der Waals surface area contributed by atoms with Gasteiger partial charge in [0, 0.05) is 6.92 Å². The maximum atomic E-state index is 12.8. The van der Waals surface area contributed by atoms with Crippen molar-refractivity contribution in [1.29, 1.82) is 0 Å². The first-order valence-corrected chi connectivity index (χ1v) is 9.73. The van der Waals surface area contributed by atoms with E-state index < -0.39 is 5.97 Å². The lowest BCUT2D eigenvalue weighted by molar-refractivity contribution is -0.131. The highest BCUT2D eigenvalue weighted by Crippen LogP contribution is 2.29. The van der Waals surface area contributed by atoms with Crippen LogP contribution in [0.2, 0.25) is 0 Å². The molecule has 0 saturated carbocycles. The molecule has 9 heteroatoms. The third-order valence-corrected chi connectivity index (χ3v) is 5.23. The van der Waals surface area contributed by atoms with E-state index in [1.165, 1.54) is 22.8 Å². The lowest BCUT2D eigenvalue weighted by Crippen LogP contribution is -2.23. The normalized spacial score (nSPS) is 11.6. The van der Waals surface area contributed by atoms with Gasteiger partial charge < -0.3 is 14.2 Å². The highest BCUT2D eigenvalue weighted by molar-refractivity contribution is 7.15. The minimum atomic E-state index is -0.445. The van der Waals surface area contributed by atoms with Gasteiger partial charge >= 0.3 is 5.97 Å². The number of rotatable bonds is 5. The fraction of sp³-hybridized carbons (Fsp3) is 0.143. The second-order valence-corrected chi connectivity index (χ2v) is 7.26. The number of esters is 1. The van der Waals surface area contributed by atoms with Crippen LogP contribution >= 0.6 is 11.3 Å². The van der Waals surface area contributed by atoms with E-state index in [4.69, 9.17) is 14.2 Å². The van der Waals surface area contributed by atoms with Crippen molar-refractivity contribution in [3.63, 3.8) is 0 Å². The van der Waals surface area contributed by atoms with Gasteiger partial charge in [-0.3, -0.25) is 9.59 Å². The Balaban J connectivity index is 1.77. The van der Waals surface area contributed by atoms with E-state index in [2.05, 4.69) is 10.1 Å². The average molecular weight is 423 g/mol. The zero-order valence-corrected chi connectivity index (χ0v) is 17.2. The Morgan fingerprint density at radius 3 is 2.53 bits per heavy atom. The van der Waals surface area contributed by atoms with E-state index in [1.807, 2.05) is 6.07 Å². The van der Waals surface area contributed by atoms with Crippen LogP contribution in [0.1, 0.15) is 12.5 Å². The van der Waals surface area contributed by atoms with Crippen LogP contribution in [0.15, 0.2) is 47.3 Å². The molecule has 0 fully saturated rings. The lowest BCUT2D eigenvalue weighted by Gasteiger charge is -2.07. The number of carbonyl (C=O) groups is 1. The van der Waals surface area contributed by atoms with Crippen molar-refractivity contribution in [2.45, 2.75) is 6.92 Å². The average Bonchev–Trinajstić information content (AvgIpc) is 3.27. The van der Waals surface area contributed by atoms with E-state index in [1.54, 1.807) is 56.7 Å². The van der Waals surface area contributed by atoms with Crippen molar-refractivity contribution < 1.29 is 19.0 Å². The number of fused-ring (bicyclic) bond motifs is 1. The Hall–Kier alpha value is -3.72. The number of para-hydroxylation sites is 1. The molecule has 152 valence electrons. The van der Waals surface area contributed by atoms with Gasteiger partial charge in [-0.25, -0.2) is 0 Å². The maximum absolute atomic E-state index is 12.8. The Labute approximate surface area is 175 Å². The number of benzene rings is 2. The van der Waals surface area contributed by atoms with Gasteiger partial charge in [0.25, 0.3) is 5.56 Å². The molecular weight excluding hydrogens is 406 g/mol. The van der Waals surface area contributed by atoms with Crippen molar-refractivity contribution in [3.05, 3.63) is 62.9 Å². The molecule has 0 atom stereocenters. The first-order chi connectivity index (χ1) is 14.5. The van der Waals surface area contributed by atoms with Gasteiger partial charge in [-0.15, -0.1) is 5.10 Å². The SMILES string of the molecule is COc1ccc(C=c2sc3nc(-c4ccccc4OC(C)=O)nn3c2=O)cc1OC. The van der Waals surface area contributed by atoms with E-state index in [0.29, 0.717) is 38.1 Å². The molecule has 0 aliphatic carbocycles. The molecule has 0 unspecified atom stereocenters. The summed E-state index contributed by atoms with van der Waals surface area (Å²) in [4.78, 5) is 29.0. The van der Waals surface area contributed by atoms with Gasteiger partial charge in [-0.05, 0) is 35.9 Å². The lowest BCUT2D eigenvalue weighted by atomic mass is 10.2. The topological polar surface area (TPSA) is 92.0 Å². The Bertz CT molecular complexity index is 1360. The quantitative estimate of drug-likeness (QED) is 0.359. The number of ether oxygens (including phenoxy) is 3. The largest absolute Gasteiger partial charge is 0.493 e. The third-order valence-electron chi connectivity index (χ3n) is 4.27. The van der Waals surface area contributed by atoms with Gasteiger partial charge in [0.1, 0.15) is 5.75 Å². The molecule has 0 bridgehead atoms. The minimum Gasteiger partial charge on any atom is -0.493 e. The summed E-state index contributed by atoms with van der Waals surface area (Å²) < 4.78 is 17.5. The zero-order valence-electron chi connectivity index (χ0n) is 16.4. The molecule has 0 aliphatic rings. The maximum Gasteiger partial charge on any atom is 0.308 e. The Morgan fingerprint density at radius 1 is 1.07 bits per heavy atom. The molecule has 30 heavy (non-hydrogen) atoms. The molecule has 4 aromatic rings. The number of aromatic nitrogens is 3. The summed E-state index contributed by atoms with van der Waals surface area (Å²) >= 11 is 1.22. The van der Waals surface area contributed by atoms with Gasteiger partial charge in [0.2, 0.25) is 4.96 Å². The van der Waals surface area contributed by atoms with Crippen molar-refractivity contribution in [2.24, 2.45) is 0 Å². The summed E-state index contributed by atoms with van der Waals surface area (Å²) in [5, 5.41) is 4.32. The fourth-order valence-corrected chi connectivity index (χ4v) is 3.84. The predicted molar refractivity (Wildman–Crippen MR) is 112 cm³/mol. The second kappa shape index (κ2) is 7.96. The van der Waals surface area contributed by atoms with Crippen LogP contribution in [0.4, 0.5) is 0 Å². The van der Waals surface area contributed by atoms with Crippen LogP contribution < -0.4 is 24.3 Å². The summed E-state index contributed by atoms with van der Waals surface area (Å²) in [5.41, 5.74) is 1.04. The van der Waals surface area contributed by atoms with E-state index in [9.17, 15) is 9.59 Å². The number of thiazole rings is 1. The zero-order chi connectivity index (χ0) is 21.3. The highest BCUT2D eigenvalue weighted by atomic mass is 32.1. The third kappa shape index (κ3) is 3.62. The highest BCUT2D eigenvalue weighted by Gasteiger charge is 2.16. The van der Waals surface area contributed by atoms with E-state index >= 15 is 0 Å². The number of hydrogen-bond donors (Lipinski definition) is 0. The number of methoxy groups -OCH3 is 2. The number of nitrogens with zero attached hydrogens (tertiary/aromatic N) is 3. The molecule has 2 heterocycles. The van der Waals surface area contributed by atoms with Gasteiger partial charge in [-0.1, -0.05) is 29.5 Å². The minimum absolute atomic E-state index is 0.284. The van der Waals surface area contributed by atoms with Gasteiger partial charge in [0.05, 0.1) is 24.3 Å². The van der Waals surface area contributed by atoms with E-state index in [-0.39, 0.29) is 5.56 Å². The Kier molecular flexibility index (Phi) is 5.20. The second-order valence-electron chi connectivity index (χ2n) is 6.25. The summed E-state index contributed by atoms with van der Waals surface area (Å²) in [6, 6.07) is 12.3. The fourth-order valence-electron chi connectivity index (χ4n) is 2.94. The van der Waals surface area contributed by atoms with Crippen LogP contribution in [0.3, 0.4) is 0 Å². The molecule has 0 radical (unpaired) electrons. The Morgan fingerprint density at radius 2 is 1.83 bits per heavy atom. The molecule has 0 spiro atoms. The van der Waals surface area contributed by atoms with Crippen LogP contribution in [-0.2, 0) is 4.79 Å². The van der Waals surface area contributed by atoms with Crippen molar-refractivity contribution >= 4 is 28.3 Å². The van der Waals surface area contributed by atoms with Crippen molar-refractivity contribution in [2.75, 3.05) is 14.2 Å². The van der Waals surface area contributed by atoms with Crippen LogP contribution in [0.25, 0.3) is 22.4 Å². The molecular formula is C21H17N3O5S. The summed E-state index contributed by atoms with van der Waals surface area (Å²) in [6.07, 6.45) is 1.75. The molecule has 2 aromatic heterocycles. The van der Waals surface area contributed by atoms with Crippen LogP contribution in [-0.4, -0.2) is 34.8 Å². The summed E-state index contributed by atoms with van der Waals surface area (Å²) in [5.74, 6) is 1.39. The van der Waals surface area contributed by atoms with E-state index in [0.717, 1.165) is 5.56 Å². The first kappa shape index (κ1) is 19.6. The standard InChI is InChI=1S/C21H17N3O5S/c1-12(25)29-15-7-5-4-6-14(15)19-22-21-24(23-19)20(26)18(30-21)11-13-8-9-16(27-2)17(10-13)28-3/h4-11H,1-3H3. The predicted octanol–water partition coefficient (Wildman–Crippen LogP) is 2.31. The van der Waals surface area contributed by atoms with Crippen molar-refractivity contribution in [1.82, 2.24) is 14.6 Å². The van der Waals surface area contributed by atoms with Gasteiger partial charge in [0.15, 0.2) is 17.3 Å². The molecule has 2 aromatic carbocycles. The molecule has 0 saturated heterocycles. The molecule has 4 rings (SSSR count). The molecule has 0 aliphatic heterocycles. The van der Waals surface area contributed by atoms with Crippen molar-refractivity contribution in [3.8, 4) is 28.6 Å². The van der Waals surface area contributed by atoms with Gasteiger partial charge in [-0.2, -0.15) is 9.50 Å². The molecule has 0 amide bonds. The van der Waals surface area contributed by atoms with Crippen LogP contribution in [0, 0.1) is 0 Å². The molecule has 8 nitrogen and oxygen atoms in total. The summed E-state index contributed by atoms with van der Waals surface area (Å²) in [6.45, 7) is 1.32.